The van der Waals surface area contributed by atoms with Crippen molar-refractivity contribution in [2.24, 2.45) is 7.05 Å². The van der Waals surface area contributed by atoms with Crippen molar-refractivity contribution in [1.29, 1.82) is 0 Å². The van der Waals surface area contributed by atoms with Crippen LogP contribution in [0.25, 0.3) is 11.0 Å². The maximum atomic E-state index is 12.1. The van der Waals surface area contributed by atoms with Crippen molar-refractivity contribution in [3.05, 3.63) is 34.7 Å². The maximum Gasteiger partial charge on any atom is 0.329 e. The lowest BCUT2D eigenvalue weighted by Gasteiger charge is -2.14. The Balaban J connectivity index is 2.35. The van der Waals surface area contributed by atoms with Gasteiger partial charge in [-0.25, -0.2) is 4.79 Å². The van der Waals surface area contributed by atoms with Crippen molar-refractivity contribution in [2.75, 3.05) is 13.6 Å². The number of imidazole rings is 1. The van der Waals surface area contributed by atoms with E-state index < -0.39 is 18.4 Å². The van der Waals surface area contributed by atoms with Gasteiger partial charge in [0.2, 0.25) is 5.91 Å². The van der Waals surface area contributed by atoms with E-state index in [0.717, 1.165) is 10.4 Å². The normalized spacial score (nSPS) is 10.7. The number of carbonyl (C=O) groups excluding carboxylic acids is 1. The number of hydrogen-bond donors (Lipinski definition) is 1. The minimum Gasteiger partial charge on any atom is -0.480 e. The number of carbonyl (C=O) groups is 2. The number of likely N-dealkylation sites (N-methyl/N-ethyl adjacent to an activating group) is 1. The first-order valence-electron chi connectivity index (χ1n) is 6.02. The molecule has 1 heterocycles. The fourth-order valence-electron chi connectivity index (χ4n) is 2.06. The molecule has 0 unspecified atom stereocenters. The Hall–Kier alpha value is -2.57. The van der Waals surface area contributed by atoms with Crippen LogP contribution < -0.4 is 5.69 Å². The second-order valence-corrected chi connectivity index (χ2v) is 4.56. The van der Waals surface area contributed by atoms with Gasteiger partial charge in [-0.3, -0.25) is 18.7 Å². The van der Waals surface area contributed by atoms with Crippen LogP contribution in [0.2, 0.25) is 0 Å². The molecule has 7 nitrogen and oxygen atoms in total. The number of carboxylic acid groups (broad SMARTS) is 1. The SMILES string of the molecule is CN(CC(=O)O)C(=O)Cn1c(=O)n(C)c2ccccc21. The minimum absolute atomic E-state index is 0.177. The highest BCUT2D eigenvalue weighted by Gasteiger charge is 2.17. The quantitative estimate of drug-likeness (QED) is 0.844. The van der Waals surface area contributed by atoms with Crippen LogP contribution in [0.15, 0.2) is 29.1 Å². The number of aliphatic carboxylic acids is 1. The average Bonchev–Trinajstić information content (AvgIpc) is 2.64. The first-order valence-corrected chi connectivity index (χ1v) is 6.02. The third kappa shape index (κ3) is 2.42. The summed E-state index contributed by atoms with van der Waals surface area (Å²) in [5, 5.41) is 8.66. The molecule has 7 heteroatoms. The van der Waals surface area contributed by atoms with E-state index in [-0.39, 0.29) is 12.2 Å². The molecule has 106 valence electrons. The number of carboxylic acids is 1. The van der Waals surface area contributed by atoms with E-state index in [1.165, 1.54) is 16.2 Å². The van der Waals surface area contributed by atoms with Crippen molar-refractivity contribution in [3.63, 3.8) is 0 Å². The minimum atomic E-state index is -1.09. The van der Waals surface area contributed by atoms with E-state index in [0.29, 0.717) is 5.52 Å². The molecule has 1 N–H and O–H groups in total. The van der Waals surface area contributed by atoms with Crippen LogP contribution in [0.5, 0.6) is 0 Å². The molecule has 2 aromatic rings. The lowest BCUT2D eigenvalue weighted by molar-refractivity contribution is -0.143. The molecule has 20 heavy (non-hydrogen) atoms. The fourth-order valence-corrected chi connectivity index (χ4v) is 2.06. The molecule has 0 aliphatic heterocycles. The number of amides is 1. The smallest absolute Gasteiger partial charge is 0.329 e. The predicted octanol–water partition coefficient (Wildman–Crippen LogP) is -0.117. The first-order chi connectivity index (χ1) is 9.41. The van der Waals surface area contributed by atoms with Gasteiger partial charge in [-0.05, 0) is 12.1 Å². The highest BCUT2D eigenvalue weighted by molar-refractivity contribution is 5.83. The lowest BCUT2D eigenvalue weighted by Crippen LogP contribution is -2.37. The number of para-hydroxylation sites is 2. The van der Waals surface area contributed by atoms with Crippen LogP contribution in [-0.2, 0) is 23.2 Å². The van der Waals surface area contributed by atoms with Crippen LogP contribution in [0.4, 0.5) is 0 Å². The molecule has 0 aliphatic carbocycles. The van der Waals surface area contributed by atoms with Gasteiger partial charge in [0.05, 0.1) is 11.0 Å². The molecular weight excluding hydrogens is 262 g/mol. The highest BCUT2D eigenvalue weighted by Crippen LogP contribution is 2.11. The number of hydrogen-bond acceptors (Lipinski definition) is 3. The van der Waals surface area contributed by atoms with Gasteiger partial charge in [0, 0.05) is 14.1 Å². The maximum absolute atomic E-state index is 12.1. The van der Waals surface area contributed by atoms with E-state index in [4.69, 9.17) is 5.11 Å². The van der Waals surface area contributed by atoms with Gasteiger partial charge in [0.25, 0.3) is 0 Å². The van der Waals surface area contributed by atoms with Crippen molar-refractivity contribution >= 4 is 22.9 Å². The van der Waals surface area contributed by atoms with Gasteiger partial charge in [-0.2, -0.15) is 0 Å². The molecule has 0 atom stereocenters. The summed E-state index contributed by atoms with van der Waals surface area (Å²) in [6.07, 6.45) is 0. The number of nitrogens with zero attached hydrogens (tertiary/aromatic N) is 3. The van der Waals surface area contributed by atoms with E-state index in [1.54, 1.807) is 25.2 Å². The summed E-state index contributed by atoms with van der Waals surface area (Å²) in [5.41, 5.74) is 1.08. The van der Waals surface area contributed by atoms with Crippen molar-refractivity contribution in [1.82, 2.24) is 14.0 Å². The van der Waals surface area contributed by atoms with E-state index in [1.807, 2.05) is 6.07 Å². The van der Waals surface area contributed by atoms with E-state index >= 15 is 0 Å². The van der Waals surface area contributed by atoms with Gasteiger partial charge in [-0.15, -0.1) is 0 Å². The van der Waals surface area contributed by atoms with E-state index in [2.05, 4.69) is 0 Å². The van der Waals surface area contributed by atoms with Gasteiger partial charge in [-0.1, -0.05) is 12.1 Å². The molecule has 0 radical (unpaired) electrons. The van der Waals surface area contributed by atoms with Crippen molar-refractivity contribution < 1.29 is 14.7 Å². The summed E-state index contributed by atoms with van der Waals surface area (Å²) in [6, 6.07) is 7.13. The number of aromatic nitrogens is 2. The van der Waals surface area contributed by atoms with Crippen LogP contribution in [0, 0.1) is 0 Å². The van der Waals surface area contributed by atoms with Crippen LogP contribution in [-0.4, -0.2) is 44.6 Å². The van der Waals surface area contributed by atoms with Crippen molar-refractivity contribution in [2.45, 2.75) is 6.54 Å². The number of rotatable bonds is 4. The standard InChI is InChI=1S/C13H15N3O4/c1-14(8-12(18)19)11(17)7-16-10-6-4-3-5-9(10)15(2)13(16)20/h3-6H,7-8H2,1-2H3,(H,18,19). The molecule has 0 fully saturated rings. The first kappa shape index (κ1) is 13.9. The number of aryl methyl sites for hydroxylation is 1. The van der Waals surface area contributed by atoms with Gasteiger partial charge in [0.15, 0.2) is 0 Å². The molecule has 0 spiro atoms. The number of fused-ring (bicyclic) bond motifs is 1. The molecule has 1 aromatic heterocycles. The van der Waals surface area contributed by atoms with Gasteiger partial charge >= 0.3 is 11.7 Å². The Morgan fingerprint density at radius 3 is 2.45 bits per heavy atom. The summed E-state index contributed by atoms with van der Waals surface area (Å²) in [4.78, 5) is 35.7. The van der Waals surface area contributed by atoms with Gasteiger partial charge < -0.3 is 10.0 Å². The molecule has 0 saturated carbocycles. The largest absolute Gasteiger partial charge is 0.480 e. The van der Waals surface area contributed by atoms with E-state index in [9.17, 15) is 14.4 Å². The molecule has 1 aromatic carbocycles. The Kier molecular flexibility index (Phi) is 3.60. The average molecular weight is 277 g/mol. The predicted molar refractivity (Wildman–Crippen MR) is 72.5 cm³/mol. The zero-order valence-electron chi connectivity index (χ0n) is 11.2. The molecule has 0 bridgehead atoms. The second kappa shape index (κ2) is 5.20. The Bertz CT molecular complexity index is 729. The summed E-state index contributed by atoms with van der Waals surface area (Å²) in [7, 11) is 3.03. The third-order valence-electron chi connectivity index (χ3n) is 3.14. The number of benzene rings is 1. The van der Waals surface area contributed by atoms with Gasteiger partial charge in [0.1, 0.15) is 13.1 Å². The molecule has 0 saturated heterocycles. The zero-order chi connectivity index (χ0) is 14.9. The van der Waals surface area contributed by atoms with Crippen LogP contribution >= 0.6 is 0 Å². The van der Waals surface area contributed by atoms with Crippen LogP contribution in [0.3, 0.4) is 0 Å². The molecule has 1 amide bonds. The molecular formula is C13H15N3O4. The topological polar surface area (TPSA) is 84.5 Å². The Morgan fingerprint density at radius 1 is 1.25 bits per heavy atom. The fraction of sp³-hybridized carbons (Fsp3) is 0.308. The summed E-state index contributed by atoms with van der Waals surface area (Å²) < 4.78 is 2.80. The monoisotopic (exact) mass is 277 g/mol. The molecule has 2 rings (SSSR count). The van der Waals surface area contributed by atoms with Crippen LogP contribution in [0.1, 0.15) is 0 Å². The van der Waals surface area contributed by atoms with Crippen molar-refractivity contribution in [3.8, 4) is 0 Å². The second-order valence-electron chi connectivity index (χ2n) is 4.56. The Labute approximate surface area is 114 Å². The zero-order valence-corrected chi connectivity index (χ0v) is 11.2. The summed E-state index contributed by atoms with van der Waals surface area (Å²) in [6.45, 7) is -0.567. The highest BCUT2D eigenvalue weighted by atomic mass is 16.4. The third-order valence-corrected chi connectivity index (χ3v) is 3.14. The lowest BCUT2D eigenvalue weighted by atomic mass is 10.3. The summed E-state index contributed by atoms with van der Waals surface area (Å²) >= 11 is 0. The Morgan fingerprint density at radius 2 is 1.85 bits per heavy atom. The molecule has 0 aliphatic rings. The summed E-state index contributed by atoms with van der Waals surface area (Å²) in [5.74, 6) is -1.52.